The maximum Gasteiger partial charge on any atom is 0.296 e. The number of likely N-dealkylation sites (N-methyl/N-ethyl adjacent to an activating group) is 1. The summed E-state index contributed by atoms with van der Waals surface area (Å²) in [6.07, 6.45) is 3.25. The van der Waals surface area contributed by atoms with Gasteiger partial charge in [0.1, 0.15) is 5.75 Å². The lowest BCUT2D eigenvalue weighted by molar-refractivity contribution is 0.139. The van der Waals surface area contributed by atoms with Gasteiger partial charge in [-0.3, -0.25) is 9.52 Å². The second-order valence-electron chi connectivity index (χ2n) is 6.99. The number of methoxy groups -OCH3 is 1. The Hall–Kier alpha value is -1.24. The van der Waals surface area contributed by atoms with E-state index in [4.69, 9.17) is 4.74 Å². The van der Waals surface area contributed by atoms with Crippen LogP contribution in [0.1, 0.15) is 32.3 Å². The standard InChI is InChI=1S/C20H33N3O2S/c1-5-22(16(2)14-17-6-8-19(25-4)9-7-17)15-18-10-12-23(13-11-18)20(24)26-21-3/h6-9,16,18,21H,5,10-15H2,1-4H3. The van der Waals surface area contributed by atoms with E-state index < -0.39 is 0 Å². The molecule has 0 radical (unpaired) electrons. The summed E-state index contributed by atoms with van der Waals surface area (Å²) in [5.74, 6) is 1.59. The van der Waals surface area contributed by atoms with E-state index in [9.17, 15) is 4.79 Å². The van der Waals surface area contributed by atoms with E-state index in [-0.39, 0.29) is 5.24 Å². The molecule has 1 unspecified atom stereocenters. The Balaban J connectivity index is 1.81. The summed E-state index contributed by atoms with van der Waals surface area (Å²) in [6, 6.07) is 8.90. The number of amides is 1. The molecule has 1 saturated heterocycles. The highest BCUT2D eigenvalue weighted by atomic mass is 32.2. The van der Waals surface area contributed by atoms with Gasteiger partial charge in [-0.05, 0) is 63.4 Å². The molecule has 1 N–H and O–H groups in total. The average molecular weight is 380 g/mol. The van der Waals surface area contributed by atoms with Gasteiger partial charge in [-0.15, -0.1) is 0 Å². The molecule has 0 aliphatic carbocycles. The lowest BCUT2D eigenvalue weighted by Crippen LogP contribution is -2.43. The number of nitrogens with one attached hydrogen (secondary N) is 1. The predicted octanol–water partition coefficient (Wildman–Crippen LogP) is 3.65. The fourth-order valence-corrected chi connectivity index (χ4v) is 4.12. The fraction of sp³-hybridized carbons (Fsp3) is 0.650. The van der Waals surface area contributed by atoms with E-state index >= 15 is 0 Å². The first-order valence-electron chi connectivity index (χ1n) is 9.56. The molecular weight excluding hydrogens is 346 g/mol. The maximum atomic E-state index is 11.9. The molecule has 1 amide bonds. The molecule has 0 aromatic heterocycles. The molecule has 1 fully saturated rings. The summed E-state index contributed by atoms with van der Waals surface area (Å²) in [5, 5.41) is 0.145. The van der Waals surface area contributed by atoms with Gasteiger partial charge in [-0.2, -0.15) is 0 Å². The van der Waals surface area contributed by atoms with Crippen LogP contribution >= 0.6 is 11.9 Å². The summed E-state index contributed by atoms with van der Waals surface area (Å²) >= 11 is 1.18. The number of rotatable bonds is 8. The first-order valence-corrected chi connectivity index (χ1v) is 10.4. The predicted molar refractivity (Wildman–Crippen MR) is 110 cm³/mol. The molecule has 26 heavy (non-hydrogen) atoms. The summed E-state index contributed by atoms with van der Waals surface area (Å²) < 4.78 is 8.11. The second-order valence-corrected chi connectivity index (χ2v) is 7.95. The number of hydrogen-bond acceptors (Lipinski definition) is 5. The van der Waals surface area contributed by atoms with E-state index in [2.05, 4.69) is 35.6 Å². The molecule has 1 heterocycles. The minimum Gasteiger partial charge on any atom is -0.497 e. The molecule has 146 valence electrons. The minimum absolute atomic E-state index is 0.145. The lowest BCUT2D eigenvalue weighted by Gasteiger charge is -2.36. The van der Waals surface area contributed by atoms with E-state index in [1.807, 2.05) is 17.0 Å². The SMILES string of the molecule is CCN(CC1CCN(C(=O)SNC)CC1)C(C)Cc1ccc(OC)cc1. The first-order chi connectivity index (χ1) is 12.6. The van der Waals surface area contributed by atoms with Crippen molar-refractivity contribution in [2.45, 2.75) is 39.2 Å². The molecule has 1 atom stereocenters. The highest BCUT2D eigenvalue weighted by Crippen LogP contribution is 2.22. The van der Waals surface area contributed by atoms with Crippen molar-refractivity contribution < 1.29 is 9.53 Å². The quantitative estimate of drug-likeness (QED) is 0.699. The zero-order chi connectivity index (χ0) is 18.9. The van der Waals surface area contributed by atoms with Gasteiger partial charge in [-0.1, -0.05) is 19.1 Å². The third-order valence-corrected chi connectivity index (χ3v) is 5.91. The Morgan fingerprint density at radius 1 is 1.35 bits per heavy atom. The third kappa shape index (κ3) is 6.18. The number of carbonyl (C=O) groups is 1. The van der Waals surface area contributed by atoms with Gasteiger partial charge < -0.3 is 14.5 Å². The number of nitrogens with zero attached hydrogens (tertiary/aromatic N) is 2. The Kier molecular flexibility index (Phi) is 8.75. The molecule has 0 bridgehead atoms. The Morgan fingerprint density at radius 2 is 2.00 bits per heavy atom. The number of piperidine rings is 1. The smallest absolute Gasteiger partial charge is 0.296 e. The van der Waals surface area contributed by atoms with E-state index in [0.29, 0.717) is 12.0 Å². The van der Waals surface area contributed by atoms with Crippen LogP contribution in [0.4, 0.5) is 4.79 Å². The number of hydrogen-bond donors (Lipinski definition) is 1. The number of carbonyl (C=O) groups excluding carboxylic acids is 1. The molecule has 1 aliphatic heterocycles. The summed E-state index contributed by atoms with van der Waals surface area (Å²) in [7, 11) is 3.49. The topological polar surface area (TPSA) is 44.8 Å². The van der Waals surface area contributed by atoms with Crippen molar-refractivity contribution in [1.29, 1.82) is 0 Å². The van der Waals surface area contributed by atoms with Gasteiger partial charge in [0.2, 0.25) is 0 Å². The van der Waals surface area contributed by atoms with Crippen LogP contribution in [0, 0.1) is 5.92 Å². The van der Waals surface area contributed by atoms with Crippen molar-refractivity contribution >= 4 is 17.2 Å². The molecule has 2 rings (SSSR count). The molecule has 0 spiro atoms. The van der Waals surface area contributed by atoms with Gasteiger partial charge in [0.05, 0.1) is 7.11 Å². The van der Waals surface area contributed by atoms with Crippen molar-refractivity contribution in [3.05, 3.63) is 29.8 Å². The van der Waals surface area contributed by atoms with Crippen molar-refractivity contribution in [1.82, 2.24) is 14.5 Å². The Morgan fingerprint density at radius 3 is 2.54 bits per heavy atom. The van der Waals surface area contributed by atoms with Gasteiger partial charge >= 0.3 is 0 Å². The van der Waals surface area contributed by atoms with Gasteiger partial charge in [0.15, 0.2) is 0 Å². The third-order valence-electron chi connectivity index (χ3n) is 5.27. The second kappa shape index (κ2) is 10.8. The monoisotopic (exact) mass is 379 g/mol. The first kappa shape index (κ1) is 21.1. The van der Waals surface area contributed by atoms with Crippen LogP contribution in [0.3, 0.4) is 0 Å². The fourth-order valence-electron chi connectivity index (χ4n) is 3.63. The number of benzene rings is 1. The van der Waals surface area contributed by atoms with E-state index in [1.165, 1.54) is 17.5 Å². The molecule has 5 nitrogen and oxygen atoms in total. The van der Waals surface area contributed by atoms with Crippen LogP contribution < -0.4 is 9.46 Å². The number of ether oxygens (including phenoxy) is 1. The Bertz CT molecular complexity index is 544. The normalized spacial score (nSPS) is 16.7. The van der Waals surface area contributed by atoms with Crippen molar-refractivity contribution in [3.63, 3.8) is 0 Å². The van der Waals surface area contributed by atoms with Gasteiger partial charge in [0.25, 0.3) is 5.24 Å². The summed E-state index contributed by atoms with van der Waals surface area (Å²) in [4.78, 5) is 16.5. The molecule has 1 aromatic rings. The lowest BCUT2D eigenvalue weighted by atomic mass is 9.95. The molecular formula is C20H33N3O2S. The summed E-state index contributed by atoms with van der Waals surface area (Å²) in [5.41, 5.74) is 1.35. The van der Waals surface area contributed by atoms with E-state index in [0.717, 1.165) is 51.2 Å². The highest BCUT2D eigenvalue weighted by molar-refractivity contribution is 8.11. The van der Waals surface area contributed by atoms with Crippen LogP contribution in [0.25, 0.3) is 0 Å². The van der Waals surface area contributed by atoms with E-state index in [1.54, 1.807) is 14.2 Å². The van der Waals surface area contributed by atoms with Gasteiger partial charge in [0, 0.05) is 37.6 Å². The minimum atomic E-state index is 0.145. The molecule has 1 aliphatic rings. The zero-order valence-corrected chi connectivity index (χ0v) is 17.3. The average Bonchev–Trinajstić information content (AvgIpc) is 2.67. The number of likely N-dealkylation sites (tertiary alicyclic amines) is 1. The summed E-state index contributed by atoms with van der Waals surface area (Å²) in [6.45, 7) is 8.50. The molecule has 0 saturated carbocycles. The molecule has 6 heteroatoms. The van der Waals surface area contributed by atoms with Crippen LogP contribution in [-0.4, -0.2) is 61.4 Å². The largest absolute Gasteiger partial charge is 0.497 e. The van der Waals surface area contributed by atoms with Crippen LogP contribution in [0.2, 0.25) is 0 Å². The molecule has 1 aromatic carbocycles. The zero-order valence-electron chi connectivity index (χ0n) is 16.5. The van der Waals surface area contributed by atoms with Crippen LogP contribution in [-0.2, 0) is 6.42 Å². The van der Waals surface area contributed by atoms with Crippen LogP contribution in [0.15, 0.2) is 24.3 Å². The maximum absolute atomic E-state index is 11.9. The van der Waals surface area contributed by atoms with Crippen molar-refractivity contribution in [2.24, 2.45) is 5.92 Å². The van der Waals surface area contributed by atoms with Crippen molar-refractivity contribution in [2.75, 3.05) is 40.3 Å². The van der Waals surface area contributed by atoms with Crippen LogP contribution in [0.5, 0.6) is 5.75 Å². The van der Waals surface area contributed by atoms with Gasteiger partial charge in [-0.25, -0.2) is 0 Å². The van der Waals surface area contributed by atoms with Crippen molar-refractivity contribution in [3.8, 4) is 5.75 Å². The highest BCUT2D eigenvalue weighted by Gasteiger charge is 2.25. The Labute approximate surface area is 162 Å².